The topological polar surface area (TPSA) is 40.7 Å². The summed E-state index contributed by atoms with van der Waals surface area (Å²) in [4.78, 5) is 8.01. The molecule has 0 unspecified atom stereocenters. The molecule has 0 aliphatic carbocycles. The van der Waals surface area contributed by atoms with Crippen molar-refractivity contribution in [3.05, 3.63) is 57.1 Å². The van der Waals surface area contributed by atoms with Crippen molar-refractivity contribution in [1.29, 1.82) is 0 Å². The predicted molar refractivity (Wildman–Crippen MR) is 78.8 cm³/mol. The van der Waals surface area contributed by atoms with E-state index >= 15 is 0 Å². The van der Waals surface area contributed by atoms with E-state index in [4.69, 9.17) is 12.2 Å². The Morgan fingerprint density at radius 1 is 1.32 bits per heavy atom. The molecule has 1 aromatic carbocycles. The van der Waals surface area contributed by atoms with Crippen molar-refractivity contribution in [2.45, 2.75) is 26.3 Å². The van der Waals surface area contributed by atoms with Crippen LogP contribution in [0.15, 0.2) is 24.3 Å². The number of aryl methyl sites for hydroxylation is 1. The third kappa shape index (κ3) is 2.60. The van der Waals surface area contributed by atoms with Crippen molar-refractivity contribution >= 4 is 12.2 Å². The smallest absolute Gasteiger partial charge is 0.134 e. The van der Waals surface area contributed by atoms with Crippen molar-refractivity contribution in [1.82, 2.24) is 15.3 Å². The zero-order chi connectivity index (χ0) is 13.2. The molecular formula is C15H17N3S. The molecule has 0 radical (unpaired) electrons. The summed E-state index contributed by atoms with van der Waals surface area (Å²) < 4.78 is 0.740. The molecule has 2 N–H and O–H groups in total. The molecule has 0 bridgehead atoms. The van der Waals surface area contributed by atoms with Crippen LogP contribution in [0.25, 0.3) is 0 Å². The highest BCUT2D eigenvalue weighted by atomic mass is 32.1. The first-order chi connectivity index (χ1) is 9.24. The van der Waals surface area contributed by atoms with Crippen LogP contribution in [0.1, 0.15) is 28.2 Å². The first-order valence-corrected chi connectivity index (χ1v) is 7.01. The Bertz CT molecular complexity index is 661. The largest absolute Gasteiger partial charge is 0.346 e. The third-order valence-electron chi connectivity index (χ3n) is 3.63. The third-order valence-corrected chi connectivity index (χ3v) is 3.96. The Balaban J connectivity index is 1.96. The van der Waals surface area contributed by atoms with E-state index in [1.54, 1.807) is 0 Å². The van der Waals surface area contributed by atoms with Gasteiger partial charge in [-0.25, -0.2) is 4.98 Å². The number of fused-ring (bicyclic) bond motifs is 1. The van der Waals surface area contributed by atoms with Gasteiger partial charge in [-0.3, -0.25) is 0 Å². The van der Waals surface area contributed by atoms with Crippen molar-refractivity contribution in [2.75, 3.05) is 6.54 Å². The van der Waals surface area contributed by atoms with E-state index in [9.17, 15) is 0 Å². The molecule has 0 atom stereocenters. The quantitative estimate of drug-likeness (QED) is 0.825. The summed E-state index contributed by atoms with van der Waals surface area (Å²) in [6.45, 7) is 3.97. The lowest BCUT2D eigenvalue weighted by molar-refractivity contribution is 0.618. The maximum Gasteiger partial charge on any atom is 0.134 e. The second kappa shape index (κ2) is 5.23. The normalized spacial score (nSPS) is 14.2. The minimum Gasteiger partial charge on any atom is -0.346 e. The summed E-state index contributed by atoms with van der Waals surface area (Å²) in [7, 11) is 0. The molecule has 2 aromatic rings. The molecule has 2 heterocycles. The average molecular weight is 271 g/mol. The molecule has 0 saturated carbocycles. The number of nitrogens with zero attached hydrogens (tertiary/aromatic N) is 1. The van der Waals surface area contributed by atoms with Crippen molar-refractivity contribution < 1.29 is 0 Å². The molecule has 1 aromatic heterocycles. The van der Waals surface area contributed by atoms with Gasteiger partial charge >= 0.3 is 0 Å². The summed E-state index contributed by atoms with van der Waals surface area (Å²) in [5.74, 6) is 0.972. The van der Waals surface area contributed by atoms with Crippen LogP contribution in [0.5, 0.6) is 0 Å². The van der Waals surface area contributed by atoms with Crippen molar-refractivity contribution in [3.8, 4) is 0 Å². The van der Waals surface area contributed by atoms with Crippen LogP contribution in [0, 0.1) is 11.6 Å². The van der Waals surface area contributed by atoms with E-state index < -0.39 is 0 Å². The highest BCUT2D eigenvalue weighted by Gasteiger charge is 2.13. The first kappa shape index (κ1) is 12.5. The number of aromatic nitrogens is 2. The Morgan fingerprint density at radius 3 is 3.00 bits per heavy atom. The van der Waals surface area contributed by atoms with Gasteiger partial charge in [0.2, 0.25) is 0 Å². The second-order valence-electron chi connectivity index (χ2n) is 4.98. The number of aromatic amines is 1. The molecule has 3 nitrogen and oxygen atoms in total. The van der Waals surface area contributed by atoms with Gasteiger partial charge < -0.3 is 10.3 Å². The number of hydrogen-bond donors (Lipinski definition) is 2. The monoisotopic (exact) mass is 271 g/mol. The number of nitrogens with one attached hydrogen (secondary N) is 2. The van der Waals surface area contributed by atoms with Crippen LogP contribution in [0.4, 0.5) is 0 Å². The van der Waals surface area contributed by atoms with Crippen LogP contribution >= 0.6 is 12.2 Å². The van der Waals surface area contributed by atoms with E-state index in [0.717, 1.165) is 42.0 Å². The number of benzene rings is 1. The number of H-pyrrole nitrogens is 1. The highest BCUT2D eigenvalue weighted by molar-refractivity contribution is 7.71. The number of rotatable bonds is 2. The molecule has 0 fully saturated rings. The molecule has 4 heteroatoms. The minimum atomic E-state index is 0.740. The van der Waals surface area contributed by atoms with Gasteiger partial charge in [-0.2, -0.15) is 0 Å². The summed E-state index contributed by atoms with van der Waals surface area (Å²) in [5.41, 5.74) is 5.01. The summed E-state index contributed by atoms with van der Waals surface area (Å²) >= 11 is 5.40. The second-order valence-corrected chi connectivity index (χ2v) is 5.36. The van der Waals surface area contributed by atoms with Crippen molar-refractivity contribution in [2.24, 2.45) is 0 Å². The van der Waals surface area contributed by atoms with Gasteiger partial charge in [-0.15, -0.1) is 0 Å². The van der Waals surface area contributed by atoms with E-state index in [1.165, 1.54) is 16.8 Å². The van der Waals surface area contributed by atoms with E-state index in [1.807, 2.05) is 0 Å². The highest BCUT2D eigenvalue weighted by Crippen LogP contribution is 2.15. The predicted octanol–water partition coefficient (Wildman–Crippen LogP) is 2.68. The van der Waals surface area contributed by atoms with E-state index in [-0.39, 0.29) is 0 Å². The maximum absolute atomic E-state index is 5.40. The van der Waals surface area contributed by atoms with Crippen LogP contribution < -0.4 is 5.32 Å². The average Bonchev–Trinajstić information content (AvgIpc) is 2.42. The Kier molecular flexibility index (Phi) is 3.44. The SMILES string of the molecule is Cc1ccccc1Cc1nc(=S)c2c([nH]1)CCNC2. The lowest BCUT2D eigenvalue weighted by Gasteiger charge is -2.18. The molecule has 0 amide bonds. The minimum absolute atomic E-state index is 0.740. The lowest BCUT2D eigenvalue weighted by atomic mass is 10.0. The first-order valence-electron chi connectivity index (χ1n) is 6.60. The fourth-order valence-electron chi connectivity index (χ4n) is 2.49. The molecule has 1 aliphatic rings. The van der Waals surface area contributed by atoms with Crippen LogP contribution in [-0.2, 0) is 19.4 Å². The molecule has 3 rings (SSSR count). The number of hydrogen-bond acceptors (Lipinski definition) is 3. The van der Waals surface area contributed by atoms with Gasteiger partial charge in [0.1, 0.15) is 10.5 Å². The summed E-state index contributed by atoms with van der Waals surface area (Å²) in [5, 5.41) is 3.33. The van der Waals surface area contributed by atoms with Gasteiger partial charge in [0.05, 0.1) is 0 Å². The molecule has 0 saturated heterocycles. The summed E-state index contributed by atoms with van der Waals surface area (Å²) in [6, 6.07) is 8.41. The fraction of sp³-hybridized carbons (Fsp3) is 0.333. The van der Waals surface area contributed by atoms with Gasteiger partial charge in [0.15, 0.2) is 0 Å². The van der Waals surface area contributed by atoms with Gasteiger partial charge in [0.25, 0.3) is 0 Å². The van der Waals surface area contributed by atoms with Crippen LogP contribution in [0.2, 0.25) is 0 Å². The van der Waals surface area contributed by atoms with Gasteiger partial charge in [0, 0.05) is 37.2 Å². The summed E-state index contributed by atoms with van der Waals surface area (Å²) in [6.07, 6.45) is 1.82. The molecule has 19 heavy (non-hydrogen) atoms. The fourth-order valence-corrected chi connectivity index (χ4v) is 2.80. The van der Waals surface area contributed by atoms with Crippen LogP contribution in [0.3, 0.4) is 0 Å². The zero-order valence-electron chi connectivity index (χ0n) is 11.0. The van der Waals surface area contributed by atoms with E-state index in [0.29, 0.717) is 0 Å². The molecule has 0 spiro atoms. The van der Waals surface area contributed by atoms with Gasteiger partial charge in [-0.05, 0) is 18.1 Å². The van der Waals surface area contributed by atoms with E-state index in [2.05, 4.69) is 46.5 Å². The molecule has 98 valence electrons. The molecule has 1 aliphatic heterocycles. The Labute approximate surface area is 118 Å². The van der Waals surface area contributed by atoms with Gasteiger partial charge in [-0.1, -0.05) is 36.5 Å². The zero-order valence-corrected chi connectivity index (χ0v) is 11.8. The van der Waals surface area contributed by atoms with Crippen LogP contribution in [-0.4, -0.2) is 16.5 Å². The molecular weight excluding hydrogens is 254 g/mol. The van der Waals surface area contributed by atoms with Crippen molar-refractivity contribution in [3.63, 3.8) is 0 Å². The lowest BCUT2D eigenvalue weighted by Crippen LogP contribution is -2.26. The standard InChI is InChI=1S/C15H17N3S/c1-10-4-2-3-5-11(10)8-14-17-13-6-7-16-9-12(13)15(19)18-14/h2-5,16H,6-9H2,1H3,(H,17,18,19). The Hall–Kier alpha value is -1.52. The Morgan fingerprint density at radius 2 is 2.16 bits per heavy atom. The maximum atomic E-state index is 5.40.